The number of hydrogen-bond acceptors (Lipinski definition) is 5. The predicted octanol–water partition coefficient (Wildman–Crippen LogP) is 0.897. The molecule has 0 aromatic carbocycles. The molecular formula is C17H22N4O3. The van der Waals surface area contributed by atoms with E-state index in [4.69, 9.17) is 9.47 Å². The monoisotopic (exact) mass is 330 g/mol. The van der Waals surface area contributed by atoms with E-state index in [2.05, 4.69) is 15.4 Å². The van der Waals surface area contributed by atoms with Crippen LogP contribution in [0.4, 0.5) is 0 Å². The standard InChI is InChI=1S/C17H22N4O3/c1-23-9-7-21-12-13-5-8-24-15(17(13)20-21)11-19-16(22)10-14-4-2-3-6-18-14/h2-4,6,12,15H,5,7-11H2,1H3,(H,19,22). The van der Waals surface area contributed by atoms with Crippen molar-refractivity contribution in [1.29, 1.82) is 0 Å². The van der Waals surface area contributed by atoms with E-state index in [1.165, 1.54) is 5.56 Å². The third-order valence-corrected chi connectivity index (χ3v) is 3.94. The molecule has 3 rings (SSSR count). The Kier molecular flexibility index (Phi) is 5.55. The van der Waals surface area contributed by atoms with Crippen molar-refractivity contribution >= 4 is 5.91 Å². The van der Waals surface area contributed by atoms with Gasteiger partial charge in [0.1, 0.15) is 6.10 Å². The van der Waals surface area contributed by atoms with Gasteiger partial charge < -0.3 is 14.8 Å². The molecule has 7 heteroatoms. The lowest BCUT2D eigenvalue weighted by molar-refractivity contribution is -0.121. The van der Waals surface area contributed by atoms with Gasteiger partial charge in [0, 0.05) is 31.7 Å². The maximum Gasteiger partial charge on any atom is 0.226 e. The molecule has 0 radical (unpaired) electrons. The minimum Gasteiger partial charge on any atom is -0.383 e. The topological polar surface area (TPSA) is 78.3 Å². The fourth-order valence-electron chi connectivity index (χ4n) is 2.72. The Morgan fingerprint density at radius 1 is 1.50 bits per heavy atom. The van der Waals surface area contributed by atoms with Crippen LogP contribution in [-0.4, -0.2) is 47.5 Å². The average molecular weight is 330 g/mol. The third kappa shape index (κ3) is 4.18. The molecule has 1 aliphatic rings. The molecule has 7 nitrogen and oxygen atoms in total. The second-order valence-electron chi connectivity index (χ2n) is 5.71. The first-order valence-electron chi connectivity index (χ1n) is 8.09. The molecule has 128 valence electrons. The maximum absolute atomic E-state index is 12.1. The SMILES string of the molecule is COCCn1cc2c(n1)C(CNC(=O)Cc1ccccn1)OCC2. The van der Waals surface area contributed by atoms with E-state index in [1.54, 1.807) is 13.3 Å². The summed E-state index contributed by atoms with van der Waals surface area (Å²) in [5.74, 6) is -0.0664. The summed E-state index contributed by atoms with van der Waals surface area (Å²) in [6.07, 6.45) is 4.64. The number of pyridine rings is 1. The Balaban J connectivity index is 1.56. The van der Waals surface area contributed by atoms with Crippen LogP contribution in [0, 0.1) is 0 Å². The molecule has 2 aromatic rings. The highest BCUT2D eigenvalue weighted by Crippen LogP contribution is 2.25. The van der Waals surface area contributed by atoms with Crippen molar-refractivity contribution in [3.63, 3.8) is 0 Å². The number of rotatable bonds is 7. The van der Waals surface area contributed by atoms with Crippen molar-refractivity contribution in [2.75, 3.05) is 26.9 Å². The van der Waals surface area contributed by atoms with Gasteiger partial charge in [0.2, 0.25) is 5.91 Å². The third-order valence-electron chi connectivity index (χ3n) is 3.94. The molecule has 1 atom stereocenters. The largest absolute Gasteiger partial charge is 0.383 e. The zero-order chi connectivity index (χ0) is 16.8. The molecule has 0 spiro atoms. The lowest BCUT2D eigenvalue weighted by Crippen LogP contribution is -2.33. The number of nitrogens with one attached hydrogen (secondary N) is 1. The Hall–Kier alpha value is -2.25. The molecule has 0 fully saturated rings. The van der Waals surface area contributed by atoms with Crippen molar-refractivity contribution < 1.29 is 14.3 Å². The van der Waals surface area contributed by atoms with Crippen molar-refractivity contribution in [2.45, 2.75) is 25.5 Å². The van der Waals surface area contributed by atoms with E-state index in [1.807, 2.05) is 29.1 Å². The van der Waals surface area contributed by atoms with Gasteiger partial charge in [-0.05, 0) is 24.1 Å². The average Bonchev–Trinajstić information content (AvgIpc) is 3.02. The summed E-state index contributed by atoms with van der Waals surface area (Å²) in [5, 5.41) is 7.50. The number of ether oxygens (including phenoxy) is 2. The molecule has 0 bridgehead atoms. The zero-order valence-electron chi connectivity index (χ0n) is 13.8. The zero-order valence-corrected chi connectivity index (χ0v) is 13.8. The highest BCUT2D eigenvalue weighted by Gasteiger charge is 2.25. The fraction of sp³-hybridized carbons (Fsp3) is 0.471. The van der Waals surface area contributed by atoms with Crippen molar-refractivity contribution in [1.82, 2.24) is 20.1 Å². The molecule has 0 saturated heterocycles. The van der Waals surface area contributed by atoms with Crippen LogP contribution in [0.5, 0.6) is 0 Å². The highest BCUT2D eigenvalue weighted by atomic mass is 16.5. The molecule has 2 aromatic heterocycles. The summed E-state index contributed by atoms with van der Waals surface area (Å²) in [4.78, 5) is 16.2. The number of aromatic nitrogens is 3. The summed E-state index contributed by atoms with van der Waals surface area (Å²) < 4.78 is 12.8. The normalized spacial score (nSPS) is 16.6. The van der Waals surface area contributed by atoms with E-state index >= 15 is 0 Å². The summed E-state index contributed by atoms with van der Waals surface area (Å²) in [5.41, 5.74) is 2.85. The first kappa shape index (κ1) is 16.6. The van der Waals surface area contributed by atoms with Crippen LogP contribution in [-0.2, 0) is 33.7 Å². The molecule has 1 unspecified atom stereocenters. The van der Waals surface area contributed by atoms with E-state index in [-0.39, 0.29) is 18.4 Å². The Morgan fingerprint density at radius 2 is 2.42 bits per heavy atom. The number of hydrogen-bond donors (Lipinski definition) is 1. The first-order chi connectivity index (χ1) is 11.8. The van der Waals surface area contributed by atoms with Gasteiger partial charge in [-0.1, -0.05) is 6.07 Å². The Morgan fingerprint density at radius 3 is 3.21 bits per heavy atom. The number of carbonyl (C=O) groups is 1. The Bertz CT molecular complexity index is 672. The number of amides is 1. The minimum absolute atomic E-state index is 0.0664. The van der Waals surface area contributed by atoms with Crippen LogP contribution in [0.3, 0.4) is 0 Å². The minimum atomic E-state index is -0.203. The van der Waals surface area contributed by atoms with Gasteiger partial charge in [0.05, 0.1) is 31.9 Å². The van der Waals surface area contributed by atoms with Crippen LogP contribution in [0.1, 0.15) is 23.1 Å². The summed E-state index contributed by atoms with van der Waals surface area (Å²) in [6.45, 7) is 2.39. The van der Waals surface area contributed by atoms with Gasteiger partial charge >= 0.3 is 0 Å². The van der Waals surface area contributed by atoms with Crippen molar-refractivity contribution in [3.05, 3.63) is 47.5 Å². The number of fused-ring (bicyclic) bond motifs is 1. The van der Waals surface area contributed by atoms with E-state index in [0.29, 0.717) is 26.3 Å². The summed E-state index contributed by atoms with van der Waals surface area (Å²) in [7, 11) is 1.67. The molecule has 0 aliphatic carbocycles. The first-order valence-corrected chi connectivity index (χ1v) is 8.09. The van der Waals surface area contributed by atoms with E-state index < -0.39 is 0 Å². The molecule has 1 aliphatic heterocycles. The van der Waals surface area contributed by atoms with Crippen LogP contribution in [0.15, 0.2) is 30.6 Å². The Labute approximate surface area is 141 Å². The van der Waals surface area contributed by atoms with E-state index in [0.717, 1.165) is 17.8 Å². The summed E-state index contributed by atoms with van der Waals surface area (Å²) in [6, 6.07) is 5.55. The van der Waals surface area contributed by atoms with Crippen LogP contribution < -0.4 is 5.32 Å². The molecule has 0 saturated carbocycles. The highest BCUT2D eigenvalue weighted by molar-refractivity contribution is 5.78. The van der Waals surface area contributed by atoms with E-state index in [9.17, 15) is 4.79 Å². The van der Waals surface area contributed by atoms with Gasteiger partial charge in [-0.15, -0.1) is 0 Å². The molecule has 24 heavy (non-hydrogen) atoms. The van der Waals surface area contributed by atoms with Gasteiger partial charge in [0.15, 0.2) is 0 Å². The number of nitrogens with zero attached hydrogens (tertiary/aromatic N) is 3. The molecule has 1 N–H and O–H groups in total. The fourth-order valence-corrected chi connectivity index (χ4v) is 2.72. The van der Waals surface area contributed by atoms with Gasteiger partial charge in [-0.2, -0.15) is 5.10 Å². The van der Waals surface area contributed by atoms with Crippen LogP contribution >= 0.6 is 0 Å². The van der Waals surface area contributed by atoms with Crippen LogP contribution in [0.2, 0.25) is 0 Å². The lowest BCUT2D eigenvalue weighted by atomic mass is 10.1. The van der Waals surface area contributed by atoms with Gasteiger partial charge in [-0.25, -0.2) is 0 Å². The van der Waals surface area contributed by atoms with Gasteiger partial charge in [0.25, 0.3) is 0 Å². The number of carbonyl (C=O) groups excluding carboxylic acids is 1. The quantitative estimate of drug-likeness (QED) is 0.816. The van der Waals surface area contributed by atoms with Crippen molar-refractivity contribution in [3.8, 4) is 0 Å². The van der Waals surface area contributed by atoms with Crippen molar-refractivity contribution in [2.24, 2.45) is 0 Å². The molecular weight excluding hydrogens is 308 g/mol. The predicted molar refractivity (Wildman–Crippen MR) is 87.5 cm³/mol. The second-order valence-corrected chi connectivity index (χ2v) is 5.71. The second kappa shape index (κ2) is 8.03. The van der Waals surface area contributed by atoms with Gasteiger partial charge in [-0.3, -0.25) is 14.5 Å². The lowest BCUT2D eigenvalue weighted by Gasteiger charge is -2.22. The summed E-state index contributed by atoms with van der Waals surface area (Å²) >= 11 is 0. The molecule has 3 heterocycles. The number of methoxy groups -OCH3 is 1. The molecule has 1 amide bonds. The maximum atomic E-state index is 12.1. The van der Waals surface area contributed by atoms with Crippen LogP contribution in [0.25, 0.3) is 0 Å². The smallest absolute Gasteiger partial charge is 0.226 e.